The quantitative estimate of drug-likeness (QED) is 0.439. The first-order valence-corrected chi connectivity index (χ1v) is 11.4. The average Bonchev–Trinajstić information content (AvgIpc) is 3.37. The lowest BCUT2D eigenvalue weighted by atomic mass is 9.71. The lowest BCUT2D eigenvalue weighted by Gasteiger charge is -2.35. The Hall–Kier alpha value is -3.19. The summed E-state index contributed by atoms with van der Waals surface area (Å²) in [5.74, 6) is -0.676. The van der Waals surface area contributed by atoms with Gasteiger partial charge in [-0.25, -0.2) is 0 Å². The number of nitrogens with zero attached hydrogens (tertiary/aromatic N) is 3. The zero-order valence-corrected chi connectivity index (χ0v) is 18.7. The van der Waals surface area contributed by atoms with Crippen molar-refractivity contribution in [2.75, 3.05) is 4.90 Å². The molecule has 3 atom stereocenters. The number of carbonyl (C=O) groups excluding carboxylic acids is 1. The number of halogens is 1. The van der Waals surface area contributed by atoms with Crippen LogP contribution in [0.1, 0.15) is 26.7 Å². The lowest BCUT2D eigenvalue weighted by molar-refractivity contribution is 0.0951. The van der Waals surface area contributed by atoms with E-state index < -0.39 is 23.4 Å². The predicted octanol–water partition coefficient (Wildman–Crippen LogP) is 5.79. The van der Waals surface area contributed by atoms with Gasteiger partial charge in [-0.3, -0.25) is 4.79 Å². The van der Waals surface area contributed by atoms with Crippen LogP contribution >= 0.6 is 27.3 Å². The molecule has 1 fully saturated rings. The summed E-state index contributed by atoms with van der Waals surface area (Å²) in [7, 11) is 0. The highest BCUT2D eigenvalue weighted by atomic mass is 79.9. The van der Waals surface area contributed by atoms with Gasteiger partial charge in [0.15, 0.2) is 11.2 Å². The molecule has 2 aliphatic rings. The molecule has 2 aromatic carbocycles. The second-order valence-electron chi connectivity index (χ2n) is 7.66. The van der Waals surface area contributed by atoms with Gasteiger partial charge in [0.1, 0.15) is 6.04 Å². The number of anilines is 1. The third-order valence-corrected chi connectivity index (χ3v) is 7.85. The first-order valence-electron chi connectivity index (χ1n) is 9.83. The summed E-state index contributed by atoms with van der Waals surface area (Å²) in [6.07, 6.45) is 3.86. The number of hydrogen-bond donors (Lipinski definition) is 0. The smallest absolute Gasteiger partial charge is 0.185 e. The van der Waals surface area contributed by atoms with Gasteiger partial charge in [0.25, 0.3) is 0 Å². The number of Topliss-reactive ketones (excluding diaryl/α,β-unsaturated/α-hetero) is 1. The number of hydrogen-bond acceptors (Lipinski definition) is 5. The Bertz CT molecular complexity index is 1270. The Morgan fingerprint density at radius 3 is 2.39 bits per heavy atom. The van der Waals surface area contributed by atoms with Crippen molar-refractivity contribution in [2.24, 2.45) is 5.41 Å². The lowest BCUT2D eigenvalue weighted by Crippen LogP contribution is -2.44. The molecule has 3 aromatic rings. The van der Waals surface area contributed by atoms with E-state index in [0.717, 1.165) is 19.9 Å². The van der Waals surface area contributed by atoms with Crippen LogP contribution in [0.15, 0.2) is 76.6 Å². The molecule has 0 unspecified atom stereocenters. The molecule has 0 amide bonds. The van der Waals surface area contributed by atoms with E-state index in [1.54, 1.807) is 12.1 Å². The highest BCUT2D eigenvalue weighted by molar-refractivity contribution is 9.11. The van der Waals surface area contributed by atoms with Crippen LogP contribution < -0.4 is 4.90 Å². The average molecular weight is 486 g/mol. The number of thiophene rings is 1. The summed E-state index contributed by atoms with van der Waals surface area (Å²) in [6.45, 7) is 0. The predicted molar refractivity (Wildman–Crippen MR) is 125 cm³/mol. The minimum atomic E-state index is -1.40. The van der Waals surface area contributed by atoms with E-state index in [2.05, 4.69) is 28.1 Å². The van der Waals surface area contributed by atoms with Crippen LogP contribution in [0.5, 0.6) is 0 Å². The second-order valence-corrected chi connectivity index (χ2v) is 10.2. The van der Waals surface area contributed by atoms with E-state index >= 15 is 0 Å². The summed E-state index contributed by atoms with van der Waals surface area (Å²) >= 11 is 4.98. The zero-order valence-electron chi connectivity index (χ0n) is 16.3. The third-order valence-electron chi connectivity index (χ3n) is 6.14. The van der Waals surface area contributed by atoms with Gasteiger partial charge in [-0.15, -0.1) is 11.3 Å². The Labute approximate surface area is 192 Å². The van der Waals surface area contributed by atoms with E-state index in [0.29, 0.717) is 5.56 Å². The Balaban J connectivity index is 1.79. The van der Waals surface area contributed by atoms with Crippen LogP contribution in [-0.4, -0.2) is 17.9 Å². The number of nitriles is 2. The van der Waals surface area contributed by atoms with Crippen molar-refractivity contribution in [1.82, 2.24) is 0 Å². The van der Waals surface area contributed by atoms with Crippen LogP contribution in [0.25, 0.3) is 6.08 Å². The van der Waals surface area contributed by atoms with Gasteiger partial charge in [-0.05, 0) is 39.7 Å². The van der Waals surface area contributed by atoms with Gasteiger partial charge in [0.2, 0.25) is 0 Å². The van der Waals surface area contributed by atoms with Crippen molar-refractivity contribution in [1.29, 1.82) is 10.5 Å². The summed E-state index contributed by atoms with van der Waals surface area (Å²) in [5.41, 5.74) is 1.02. The molecule has 1 aromatic heterocycles. The normalized spacial score (nSPS) is 22.8. The van der Waals surface area contributed by atoms with Crippen LogP contribution in [0.2, 0.25) is 0 Å². The van der Waals surface area contributed by atoms with Crippen LogP contribution in [0.4, 0.5) is 5.69 Å². The molecular formula is C25H16BrN3OS. The van der Waals surface area contributed by atoms with Gasteiger partial charge < -0.3 is 4.90 Å². The summed E-state index contributed by atoms with van der Waals surface area (Å²) < 4.78 is 0.902. The molecule has 0 aliphatic carbocycles. The maximum atomic E-state index is 13.9. The SMILES string of the molecule is N#CC1(C#N)[C@@H]2C=Cc3ccccc3N2[C@@H](C(=O)c2ccccc2)[C@@H]1c1ccc(Br)s1. The molecule has 150 valence electrons. The maximum absolute atomic E-state index is 13.9. The van der Waals surface area contributed by atoms with Crippen molar-refractivity contribution >= 4 is 44.8 Å². The Morgan fingerprint density at radius 2 is 1.71 bits per heavy atom. The number of fused-ring (bicyclic) bond motifs is 3. The Morgan fingerprint density at radius 1 is 1.00 bits per heavy atom. The molecular weight excluding hydrogens is 470 g/mol. The number of rotatable bonds is 3. The van der Waals surface area contributed by atoms with Gasteiger partial charge >= 0.3 is 0 Å². The summed E-state index contributed by atoms with van der Waals surface area (Å²) in [6, 6.07) is 24.2. The van der Waals surface area contributed by atoms with Crippen LogP contribution in [-0.2, 0) is 0 Å². The van der Waals surface area contributed by atoms with Crippen molar-refractivity contribution in [3.8, 4) is 12.1 Å². The maximum Gasteiger partial charge on any atom is 0.185 e. The van der Waals surface area contributed by atoms with Crippen molar-refractivity contribution in [3.05, 3.63) is 92.6 Å². The number of carbonyl (C=O) groups is 1. The minimum absolute atomic E-state index is 0.0856. The van der Waals surface area contributed by atoms with Gasteiger partial charge in [-0.2, -0.15) is 10.5 Å². The largest absolute Gasteiger partial charge is 0.351 e. The first kappa shape index (κ1) is 19.8. The van der Waals surface area contributed by atoms with Gasteiger partial charge in [-0.1, -0.05) is 60.7 Å². The molecule has 0 spiro atoms. The van der Waals surface area contributed by atoms with Crippen molar-refractivity contribution in [3.63, 3.8) is 0 Å². The molecule has 4 nitrogen and oxygen atoms in total. The monoisotopic (exact) mass is 485 g/mol. The third kappa shape index (κ3) is 2.87. The fourth-order valence-electron chi connectivity index (χ4n) is 4.81. The highest BCUT2D eigenvalue weighted by Crippen LogP contribution is 2.56. The van der Waals surface area contributed by atoms with E-state index in [1.165, 1.54) is 11.3 Å². The topological polar surface area (TPSA) is 67.9 Å². The summed E-state index contributed by atoms with van der Waals surface area (Å²) in [5, 5.41) is 20.7. The fraction of sp³-hybridized carbons (Fsp3) is 0.160. The summed E-state index contributed by atoms with van der Waals surface area (Å²) in [4.78, 5) is 16.8. The fourth-order valence-corrected chi connectivity index (χ4v) is 6.44. The van der Waals surface area contributed by atoms with Crippen molar-refractivity contribution < 1.29 is 4.79 Å². The zero-order chi connectivity index (χ0) is 21.6. The van der Waals surface area contributed by atoms with Gasteiger partial charge in [0, 0.05) is 16.1 Å². The molecule has 31 heavy (non-hydrogen) atoms. The van der Waals surface area contributed by atoms with Crippen molar-refractivity contribution in [2.45, 2.75) is 18.0 Å². The van der Waals surface area contributed by atoms with E-state index in [1.807, 2.05) is 71.6 Å². The standard InChI is InChI=1S/C25H16BrN3OS/c26-21-13-11-19(31-21)22-23(24(30)17-7-2-1-3-8-17)29-18-9-5-4-6-16(18)10-12-20(29)25(22,14-27)15-28/h1-13,20,22-23H/t20-,22-,23+/m0/s1. The molecule has 0 bridgehead atoms. The number of para-hydroxylation sites is 1. The minimum Gasteiger partial charge on any atom is -0.351 e. The van der Waals surface area contributed by atoms with E-state index in [-0.39, 0.29) is 5.78 Å². The molecule has 0 N–H and O–H groups in total. The first-order chi connectivity index (χ1) is 15.1. The molecule has 6 heteroatoms. The van der Waals surface area contributed by atoms with Crippen LogP contribution in [0, 0.1) is 28.1 Å². The molecule has 3 heterocycles. The molecule has 0 radical (unpaired) electrons. The van der Waals surface area contributed by atoms with Gasteiger partial charge in [0.05, 0.1) is 27.9 Å². The van der Waals surface area contributed by atoms with E-state index in [9.17, 15) is 15.3 Å². The second kappa shape index (κ2) is 7.50. The molecule has 0 saturated carbocycles. The molecule has 2 aliphatic heterocycles. The van der Waals surface area contributed by atoms with E-state index in [4.69, 9.17) is 0 Å². The molecule has 5 rings (SSSR count). The number of ketones is 1. The number of benzene rings is 2. The van der Waals surface area contributed by atoms with Crippen LogP contribution in [0.3, 0.4) is 0 Å². The molecule has 1 saturated heterocycles. The Kier molecular flexibility index (Phi) is 4.78. The highest BCUT2D eigenvalue weighted by Gasteiger charge is 2.63.